The molecule has 3 N–H and O–H groups in total. The van der Waals surface area contributed by atoms with Gasteiger partial charge in [-0.05, 0) is 30.3 Å². The Morgan fingerprint density at radius 3 is 2.76 bits per heavy atom. The zero-order valence-electron chi connectivity index (χ0n) is 11.2. The summed E-state index contributed by atoms with van der Waals surface area (Å²) in [4.78, 5) is 4.36. The molecule has 0 aliphatic rings. The molecule has 6 nitrogen and oxygen atoms in total. The number of benzene rings is 1. The van der Waals surface area contributed by atoms with Gasteiger partial charge >= 0.3 is 0 Å². The van der Waals surface area contributed by atoms with Crippen LogP contribution < -0.4 is 16.0 Å². The molecule has 21 heavy (non-hydrogen) atoms. The van der Waals surface area contributed by atoms with E-state index >= 15 is 0 Å². The number of ether oxygens (including phenoxy) is 1. The van der Waals surface area contributed by atoms with Gasteiger partial charge in [-0.2, -0.15) is 0 Å². The molecule has 0 fully saturated rings. The van der Waals surface area contributed by atoms with E-state index < -0.39 is 9.84 Å². The van der Waals surface area contributed by atoms with E-state index in [-0.39, 0.29) is 11.5 Å². The lowest BCUT2D eigenvalue weighted by molar-refractivity contribution is 0.301. The molecule has 2 rings (SSSR count). The Balaban J connectivity index is 2.17. The van der Waals surface area contributed by atoms with E-state index in [2.05, 4.69) is 10.4 Å². The Morgan fingerprint density at radius 2 is 2.10 bits per heavy atom. The third-order valence-corrected chi connectivity index (χ3v) is 4.13. The van der Waals surface area contributed by atoms with Gasteiger partial charge in [0, 0.05) is 6.26 Å². The standard InChI is InChI=1S/C13H14ClN3O3S/c1-21(18,19)10-4-2-3-9(7-10)20-8-12-11(14)5-6-13(16-12)17-15/h2-7H,8,15H2,1H3,(H,16,17). The molecule has 0 bridgehead atoms. The third kappa shape index (κ3) is 4.07. The van der Waals surface area contributed by atoms with Crippen LogP contribution >= 0.6 is 11.6 Å². The van der Waals surface area contributed by atoms with Crippen molar-refractivity contribution in [3.05, 3.63) is 47.1 Å². The summed E-state index contributed by atoms with van der Waals surface area (Å²) >= 11 is 6.02. The SMILES string of the molecule is CS(=O)(=O)c1cccc(OCc2nc(NN)ccc2Cl)c1. The third-order valence-electron chi connectivity index (χ3n) is 2.68. The van der Waals surface area contributed by atoms with Gasteiger partial charge in [0.25, 0.3) is 0 Å². The number of hydrogen-bond donors (Lipinski definition) is 2. The highest BCUT2D eigenvalue weighted by Gasteiger charge is 2.09. The maximum Gasteiger partial charge on any atom is 0.175 e. The molecule has 0 spiro atoms. The lowest BCUT2D eigenvalue weighted by Gasteiger charge is -2.09. The number of rotatable bonds is 5. The number of nitrogens with two attached hydrogens (primary N) is 1. The van der Waals surface area contributed by atoms with Gasteiger partial charge in [-0.1, -0.05) is 17.7 Å². The summed E-state index contributed by atoms with van der Waals surface area (Å²) in [5, 5.41) is 0.438. The first-order valence-corrected chi connectivity index (χ1v) is 8.22. The van der Waals surface area contributed by atoms with E-state index in [1.807, 2.05) is 0 Å². The van der Waals surface area contributed by atoms with Crippen molar-refractivity contribution in [2.75, 3.05) is 11.7 Å². The number of aromatic nitrogens is 1. The van der Waals surface area contributed by atoms with Gasteiger partial charge < -0.3 is 10.2 Å². The molecule has 0 saturated carbocycles. The molecular weight excluding hydrogens is 314 g/mol. The Hall–Kier alpha value is -1.83. The van der Waals surface area contributed by atoms with Gasteiger partial charge in [-0.25, -0.2) is 19.2 Å². The first-order chi connectivity index (χ1) is 9.90. The summed E-state index contributed by atoms with van der Waals surface area (Å²) in [5.41, 5.74) is 2.91. The maximum atomic E-state index is 11.5. The van der Waals surface area contributed by atoms with E-state index in [0.29, 0.717) is 22.3 Å². The lowest BCUT2D eigenvalue weighted by Crippen LogP contribution is -2.10. The molecule has 1 heterocycles. The normalized spacial score (nSPS) is 11.2. The van der Waals surface area contributed by atoms with Gasteiger partial charge in [0.15, 0.2) is 9.84 Å². The molecule has 112 valence electrons. The van der Waals surface area contributed by atoms with Crippen molar-refractivity contribution < 1.29 is 13.2 Å². The van der Waals surface area contributed by atoms with Crippen LogP contribution in [-0.4, -0.2) is 19.7 Å². The van der Waals surface area contributed by atoms with E-state index in [4.69, 9.17) is 22.2 Å². The summed E-state index contributed by atoms with van der Waals surface area (Å²) in [6.45, 7) is 0.0988. The number of hydrogen-bond acceptors (Lipinski definition) is 6. The van der Waals surface area contributed by atoms with Crippen molar-refractivity contribution >= 4 is 27.3 Å². The van der Waals surface area contributed by atoms with Crippen molar-refractivity contribution in [2.45, 2.75) is 11.5 Å². The highest BCUT2D eigenvalue weighted by Crippen LogP contribution is 2.21. The quantitative estimate of drug-likeness (QED) is 0.644. The van der Waals surface area contributed by atoms with E-state index in [9.17, 15) is 8.42 Å². The van der Waals surface area contributed by atoms with Gasteiger partial charge in [-0.15, -0.1) is 0 Å². The van der Waals surface area contributed by atoms with Crippen LogP contribution in [0.2, 0.25) is 5.02 Å². The first-order valence-electron chi connectivity index (χ1n) is 5.95. The number of anilines is 1. The fraction of sp³-hybridized carbons (Fsp3) is 0.154. The maximum absolute atomic E-state index is 11.5. The Bertz CT molecular complexity index is 750. The number of pyridine rings is 1. The second kappa shape index (κ2) is 6.30. The first kappa shape index (κ1) is 15.6. The second-order valence-electron chi connectivity index (χ2n) is 4.31. The average Bonchev–Trinajstić information content (AvgIpc) is 2.46. The molecular formula is C13H14ClN3O3S. The average molecular weight is 328 g/mol. The lowest BCUT2D eigenvalue weighted by atomic mass is 10.3. The molecule has 1 aromatic carbocycles. The molecule has 0 amide bonds. The predicted molar refractivity (Wildman–Crippen MR) is 80.9 cm³/mol. The van der Waals surface area contributed by atoms with Crippen molar-refractivity contribution in [3.63, 3.8) is 0 Å². The van der Waals surface area contributed by atoms with Crippen LogP contribution in [0, 0.1) is 0 Å². The molecule has 0 atom stereocenters. The predicted octanol–water partition coefficient (Wildman–Crippen LogP) is 2.00. The van der Waals surface area contributed by atoms with Crippen LogP contribution in [0.3, 0.4) is 0 Å². The van der Waals surface area contributed by atoms with E-state index in [1.165, 1.54) is 12.1 Å². The minimum Gasteiger partial charge on any atom is -0.487 e. The molecule has 0 saturated heterocycles. The number of nitrogens with zero attached hydrogens (tertiary/aromatic N) is 1. The van der Waals surface area contributed by atoms with E-state index in [1.54, 1.807) is 24.3 Å². The summed E-state index contributed by atoms with van der Waals surface area (Å²) in [6, 6.07) is 9.51. The van der Waals surface area contributed by atoms with Crippen LogP contribution in [-0.2, 0) is 16.4 Å². The van der Waals surface area contributed by atoms with Crippen molar-refractivity contribution in [2.24, 2.45) is 5.84 Å². The van der Waals surface area contributed by atoms with Crippen molar-refractivity contribution in [3.8, 4) is 5.75 Å². The zero-order chi connectivity index (χ0) is 15.5. The van der Waals surface area contributed by atoms with Crippen LogP contribution in [0.4, 0.5) is 5.82 Å². The summed E-state index contributed by atoms with van der Waals surface area (Å²) in [5.74, 6) is 6.16. The number of nitrogens with one attached hydrogen (secondary N) is 1. The van der Waals surface area contributed by atoms with E-state index in [0.717, 1.165) is 6.26 Å². The largest absolute Gasteiger partial charge is 0.487 e. The summed E-state index contributed by atoms with van der Waals surface area (Å²) in [7, 11) is -3.28. The Kier molecular flexibility index (Phi) is 4.66. The smallest absolute Gasteiger partial charge is 0.175 e. The molecule has 0 radical (unpaired) electrons. The van der Waals surface area contributed by atoms with Gasteiger partial charge in [0.1, 0.15) is 18.2 Å². The second-order valence-corrected chi connectivity index (χ2v) is 6.73. The molecule has 1 aromatic heterocycles. The molecule has 0 aliphatic heterocycles. The fourth-order valence-corrected chi connectivity index (χ4v) is 2.43. The van der Waals surface area contributed by atoms with Crippen LogP contribution in [0.15, 0.2) is 41.3 Å². The highest BCUT2D eigenvalue weighted by atomic mass is 35.5. The molecule has 8 heteroatoms. The van der Waals surface area contributed by atoms with Crippen LogP contribution in [0.1, 0.15) is 5.69 Å². The van der Waals surface area contributed by atoms with Crippen LogP contribution in [0.25, 0.3) is 0 Å². The topological polar surface area (TPSA) is 94.3 Å². The zero-order valence-corrected chi connectivity index (χ0v) is 12.8. The number of halogens is 1. The molecule has 0 aliphatic carbocycles. The minimum atomic E-state index is -3.28. The number of hydrazine groups is 1. The fourth-order valence-electron chi connectivity index (χ4n) is 1.61. The van der Waals surface area contributed by atoms with Crippen molar-refractivity contribution in [1.82, 2.24) is 4.98 Å². The van der Waals surface area contributed by atoms with Crippen molar-refractivity contribution in [1.29, 1.82) is 0 Å². The monoisotopic (exact) mass is 327 g/mol. The Labute approximate surface area is 127 Å². The summed E-state index contributed by atoms with van der Waals surface area (Å²) < 4.78 is 28.5. The van der Waals surface area contributed by atoms with Gasteiger partial charge in [0.2, 0.25) is 0 Å². The van der Waals surface area contributed by atoms with Gasteiger partial charge in [0.05, 0.1) is 15.6 Å². The van der Waals surface area contributed by atoms with Crippen LogP contribution in [0.5, 0.6) is 5.75 Å². The highest BCUT2D eigenvalue weighted by molar-refractivity contribution is 7.90. The number of sulfone groups is 1. The minimum absolute atomic E-state index is 0.0988. The number of nitrogen functional groups attached to an aromatic ring is 1. The van der Waals surface area contributed by atoms with Gasteiger partial charge in [-0.3, -0.25) is 0 Å². The summed E-state index contributed by atoms with van der Waals surface area (Å²) in [6.07, 6.45) is 1.14. The molecule has 0 unspecified atom stereocenters. The Morgan fingerprint density at radius 1 is 1.33 bits per heavy atom. The molecule has 2 aromatic rings.